The average Bonchev–Trinajstić information content (AvgIpc) is 2.77. The summed E-state index contributed by atoms with van der Waals surface area (Å²) in [7, 11) is 0. The number of para-hydroxylation sites is 1. The van der Waals surface area contributed by atoms with E-state index in [9.17, 15) is 4.79 Å². The van der Waals surface area contributed by atoms with Crippen LogP contribution >= 0.6 is 0 Å². The molecule has 1 heterocycles. The Labute approximate surface area is 142 Å². The van der Waals surface area contributed by atoms with Crippen molar-refractivity contribution < 1.29 is 4.79 Å². The Hall–Kier alpha value is -2.81. The molecule has 1 amide bonds. The largest absolute Gasteiger partial charge is 0.371 e. The van der Waals surface area contributed by atoms with Crippen molar-refractivity contribution in [2.75, 3.05) is 18.4 Å². The first-order chi connectivity index (χ1) is 11.8. The molecule has 0 unspecified atom stereocenters. The van der Waals surface area contributed by atoms with Crippen LogP contribution in [0.2, 0.25) is 0 Å². The summed E-state index contributed by atoms with van der Waals surface area (Å²) in [5.74, 6) is -0.0465. The monoisotopic (exact) mass is 316 g/mol. The van der Waals surface area contributed by atoms with Gasteiger partial charge in [0.15, 0.2) is 0 Å². The third-order valence-electron chi connectivity index (χ3n) is 4.70. The minimum absolute atomic E-state index is 0.0465. The molecule has 0 saturated heterocycles. The lowest BCUT2D eigenvalue weighted by molar-refractivity contribution is 0.102. The summed E-state index contributed by atoms with van der Waals surface area (Å²) in [5, 5.41) is 2.96. The van der Waals surface area contributed by atoms with Gasteiger partial charge < -0.3 is 10.2 Å². The van der Waals surface area contributed by atoms with Gasteiger partial charge >= 0.3 is 0 Å². The van der Waals surface area contributed by atoms with Crippen LogP contribution in [0.4, 0.5) is 5.69 Å². The Bertz CT molecular complexity index is 821. The third kappa shape index (κ3) is 2.98. The second kappa shape index (κ2) is 6.36. The molecule has 1 aliphatic heterocycles. The number of rotatable bonds is 3. The summed E-state index contributed by atoms with van der Waals surface area (Å²) >= 11 is 0. The van der Waals surface area contributed by atoms with Gasteiger partial charge in [-0.25, -0.2) is 0 Å². The van der Waals surface area contributed by atoms with Crippen LogP contribution in [0.25, 0.3) is 0 Å². The van der Waals surface area contributed by atoms with Gasteiger partial charge in [0.1, 0.15) is 0 Å². The van der Waals surface area contributed by atoms with Crippen LogP contribution in [0.3, 0.4) is 0 Å². The fourth-order valence-corrected chi connectivity index (χ4v) is 3.24. The van der Waals surface area contributed by atoms with E-state index in [1.165, 1.54) is 16.8 Å². The number of amides is 1. The second-order valence-electron chi connectivity index (χ2n) is 6.24. The van der Waals surface area contributed by atoms with Gasteiger partial charge in [-0.15, -0.1) is 0 Å². The number of hydrogen-bond acceptors (Lipinski definition) is 2. The molecule has 3 nitrogen and oxygen atoms in total. The Morgan fingerprint density at radius 2 is 1.71 bits per heavy atom. The molecule has 2 aromatic rings. The van der Waals surface area contributed by atoms with E-state index in [1.54, 1.807) is 0 Å². The molecule has 0 saturated carbocycles. The van der Waals surface area contributed by atoms with Crippen LogP contribution in [0.1, 0.15) is 21.5 Å². The predicted molar refractivity (Wildman–Crippen MR) is 97.0 cm³/mol. The first kappa shape index (κ1) is 14.8. The fraction of sp³-hybridized carbons (Fsp3) is 0.190. The Morgan fingerprint density at radius 3 is 2.42 bits per heavy atom. The first-order valence-electron chi connectivity index (χ1n) is 8.41. The second-order valence-corrected chi connectivity index (χ2v) is 6.24. The topological polar surface area (TPSA) is 32.3 Å². The van der Waals surface area contributed by atoms with Gasteiger partial charge in [0.25, 0.3) is 5.91 Å². The molecule has 1 N–H and O–H groups in total. The predicted octanol–water partition coefficient (Wildman–Crippen LogP) is 3.79. The molecule has 0 spiro atoms. The van der Waals surface area contributed by atoms with E-state index < -0.39 is 0 Å². The Balaban J connectivity index is 1.49. The van der Waals surface area contributed by atoms with Crippen LogP contribution in [0.5, 0.6) is 0 Å². The molecule has 4 rings (SSSR count). The summed E-state index contributed by atoms with van der Waals surface area (Å²) in [6.07, 6.45) is 8.41. The highest BCUT2D eigenvalue weighted by atomic mass is 16.1. The lowest BCUT2D eigenvalue weighted by Crippen LogP contribution is -2.26. The standard InChI is InChI=1S/C21H20N2O/c24-21(22-19-5-2-1-3-6-19)18-10-9-16-11-13-23(20-7-4-8-20)14-12-17(16)15-18/h1-10,15H,11-14H2,(H,22,24). The lowest BCUT2D eigenvalue weighted by atomic mass is 10.00. The molecule has 2 aliphatic rings. The van der Waals surface area contributed by atoms with Crippen LogP contribution in [0.15, 0.2) is 72.5 Å². The van der Waals surface area contributed by atoms with Gasteiger partial charge in [-0.2, -0.15) is 0 Å². The molecular weight excluding hydrogens is 296 g/mol. The highest BCUT2D eigenvalue weighted by molar-refractivity contribution is 6.04. The Kier molecular flexibility index (Phi) is 3.91. The zero-order chi connectivity index (χ0) is 16.4. The molecule has 0 bridgehead atoms. The van der Waals surface area contributed by atoms with E-state index in [4.69, 9.17) is 0 Å². The number of anilines is 1. The van der Waals surface area contributed by atoms with Crippen LogP contribution in [0, 0.1) is 0 Å². The average molecular weight is 316 g/mol. The van der Waals surface area contributed by atoms with Gasteiger partial charge in [0.2, 0.25) is 0 Å². The summed E-state index contributed by atoms with van der Waals surface area (Å²) < 4.78 is 0. The Morgan fingerprint density at radius 1 is 0.958 bits per heavy atom. The van der Waals surface area contributed by atoms with Crippen molar-refractivity contribution in [2.45, 2.75) is 12.8 Å². The molecule has 120 valence electrons. The smallest absolute Gasteiger partial charge is 0.255 e. The minimum Gasteiger partial charge on any atom is -0.371 e. The zero-order valence-electron chi connectivity index (χ0n) is 13.5. The van der Waals surface area contributed by atoms with Crippen LogP contribution in [-0.4, -0.2) is 23.9 Å². The van der Waals surface area contributed by atoms with E-state index in [0.717, 1.165) is 37.2 Å². The van der Waals surface area contributed by atoms with Crippen molar-refractivity contribution in [3.63, 3.8) is 0 Å². The van der Waals surface area contributed by atoms with Gasteiger partial charge in [-0.1, -0.05) is 30.3 Å². The highest BCUT2D eigenvalue weighted by Gasteiger charge is 2.17. The number of benzene rings is 2. The molecular formula is C21H20N2O. The van der Waals surface area contributed by atoms with Crippen LogP contribution < -0.4 is 5.32 Å². The van der Waals surface area contributed by atoms with Crippen molar-refractivity contribution in [1.29, 1.82) is 0 Å². The van der Waals surface area contributed by atoms with Gasteiger partial charge in [0, 0.05) is 30.0 Å². The molecule has 0 radical (unpaired) electrons. The zero-order valence-corrected chi connectivity index (χ0v) is 13.5. The summed E-state index contributed by atoms with van der Waals surface area (Å²) in [6, 6.07) is 15.7. The molecule has 24 heavy (non-hydrogen) atoms. The minimum atomic E-state index is -0.0465. The normalized spacial score (nSPS) is 15.8. The number of carbonyl (C=O) groups is 1. The maximum Gasteiger partial charge on any atom is 0.255 e. The van der Waals surface area contributed by atoms with Crippen LogP contribution in [-0.2, 0) is 12.8 Å². The number of nitrogens with zero attached hydrogens (tertiary/aromatic N) is 1. The van der Waals surface area contributed by atoms with Crippen molar-refractivity contribution in [2.24, 2.45) is 0 Å². The molecule has 3 heteroatoms. The van der Waals surface area contributed by atoms with Crippen molar-refractivity contribution in [1.82, 2.24) is 4.90 Å². The van der Waals surface area contributed by atoms with E-state index in [0.29, 0.717) is 0 Å². The van der Waals surface area contributed by atoms with Crippen molar-refractivity contribution >= 4 is 11.6 Å². The van der Waals surface area contributed by atoms with Gasteiger partial charge in [0.05, 0.1) is 0 Å². The van der Waals surface area contributed by atoms with Crippen molar-refractivity contribution in [3.05, 3.63) is 89.1 Å². The maximum atomic E-state index is 12.5. The SMILES string of the molecule is O=C(Nc1ccccc1)c1ccc2c(c1)CCN(C1=CC=C1)CC2. The lowest BCUT2D eigenvalue weighted by Gasteiger charge is -2.26. The number of nitrogens with one attached hydrogen (secondary N) is 1. The summed E-state index contributed by atoms with van der Waals surface area (Å²) in [5.41, 5.74) is 5.53. The number of fused-ring (bicyclic) bond motifs is 1. The molecule has 0 aromatic heterocycles. The van der Waals surface area contributed by atoms with E-state index in [1.807, 2.05) is 36.4 Å². The van der Waals surface area contributed by atoms with Crippen molar-refractivity contribution in [3.8, 4) is 0 Å². The highest BCUT2D eigenvalue weighted by Crippen LogP contribution is 2.23. The molecule has 1 aliphatic carbocycles. The summed E-state index contributed by atoms with van der Waals surface area (Å²) in [6.45, 7) is 2.05. The van der Waals surface area contributed by atoms with Gasteiger partial charge in [-0.05, 0) is 60.4 Å². The third-order valence-corrected chi connectivity index (χ3v) is 4.70. The van der Waals surface area contributed by atoms with E-state index in [-0.39, 0.29) is 5.91 Å². The molecule has 2 aromatic carbocycles. The number of carbonyl (C=O) groups excluding carboxylic acids is 1. The quantitative estimate of drug-likeness (QED) is 0.934. The number of allylic oxidation sites excluding steroid dienone is 3. The van der Waals surface area contributed by atoms with E-state index >= 15 is 0 Å². The first-order valence-corrected chi connectivity index (χ1v) is 8.41. The van der Waals surface area contributed by atoms with Gasteiger partial charge in [-0.3, -0.25) is 4.79 Å². The molecule has 0 atom stereocenters. The molecule has 0 fully saturated rings. The summed E-state index contributed by atoms with van der Waals surface area (Å²) in [4.78, 5) is 14.9. The van der Waals surface area contributed by atoms with E-state index in [2.05, 4.69) is 40.6 Å². The number of hydrogen-bond donors (Lipinski definition) is 1. The maximum absolute atomic E-state index is 12.5. The fourth-order valence-electron chi connectivity index (χ4n) is 3.24.